The van der Waals surface area contributed by atoms with Crippen molar-refractivity contribution in [2.45, 2.75) is 19.4 Å². The molecule has 74 valence electrons. The molecule has 0 amide bonds. The number of aromatic carboxylic acids is 1. The summed E-state index contributed by atoms with van der Waals surface area (Å²) in [6, 6.07) is 6.00. The van der Waals surface area contributed by atoms with E-state index in [4.69, 9.17) is 5.11 Å². The summed E-state index contributed by atoms with van der Waals surface area (Å²) in [6.07, 6.45) is 1.10. The first-order valence-electron chi connectivity index (χ1n) is 4.75. The molecule has 3 nitrogen and oxygen atoms in total. The van der Waals surface area contributed by atoms with Crippen molar-refractivity contribution < 1.29 is 9.90 Å². The average molecular weight is 191 g/mol. The fourth-order valence-corrected chi connectivity index (χ4v) is 1.66. The summed E-state index contributed by atoms with van der Waals surface area (Å²) in [4.78, 5) is 10.9. The van der Waals surface area contributed by atoms with Crippen LogP contribution in [0.25, 0.3) is 0 Å². The number of carboxylic acid groups (broad SMARTS) is 1. The summed E-state index contributed by atoms with van der Waals surface area (Å²) in [6.45, 7) is 2.85. The summed E-state index contributed by atoms with van der Waals surface area (Å²) < 4.78 is 0. The minimum Gasteiger partial charge on any atom is -0.478 e. The van der Waals surface area contributed by atoms with Crippen LogP contribution in [-0.2, 0) is 0 Å². The highest BCUT2D eigenvalue weighted by Gasteiger charge is 2.19. The predicted octanol–water partition coefficient (Wildman–Crippen LogP) is 1.73. The van der Waals surface area contributed by atoms with Crippen molar-refractivity contribution in [2.24, 2.45) is 0 Å². The van der Waals surface area contributed by atoms with Gasteiger partial charge < -0.3 is 10.4 Å². The Kier molecular flexibility index (Phi) is 2.25. The monoisotopic (exact) mass is 191 g/mol. The fourth-order valence-electron chi connectivity index (χ4n) is 1.66. The Bertz CT molecular complexity index is 370. The lowest BCUT2D eigenvalue weighted by Gasteiger charge is -2.28. The van der Waals surface area contributed by atoms with Crippen LogP contribution in [-0.4, -0.2) is 17.6 Å². The Morgan fingerprint density at radius 1 is 1.57 bits per heavy atom. The Morgan fingerprint density at radius 2 is 2.29 bits per heavy atom. The smallest absolute Gasteiger partial charge is 0.335 e. The second-order valence-corrected chi connectivity index (χ2v) is 3.67. The molecule has 0 spiro atoms. The molecule has 1 aromatic rings. The number of carboxylic acids is 1. The van der Waals surface area contributed by atoms with Crippen molar-refractivity contribution in [1.29, 1.82) is 0 Å². The third kappa shape index (κ3) is 1.51. The van der Waals surface area contributed by atoms with Crippen molar-refractivity contribution in [3.63, 3.8) is 0 Å². The predicted molar refractivity (Wildman–Crippen MR) is 53.5 cm³/mol. The van der Waals surface area contributed by atoms with Crippen LogP contribution >= 0.6 is 0 Å². The van der Waals surface area contributed by atoms with E-state index in [0.29, 0.717) is 11.6 Å². The van der Waals surface area contributed by atoms with Gasteiger partial charge in [0.2, 0.25) is 0 Å². The molecular weight excluding hydrogens is 178 g/mol. The van der Waals surface area contributed by atoms with Crippen LogP contribution in [0.3, 0.4) is 0 Å². The van der Waals surface area contributed by atoms with E-state index in [9.17, 15) is 4.79 Å². The van der Waals surface area contributed by atoms with Gasteiger partial charge in [-0.25, -0.2) is 4.79 Å². The normalized spacial score (nSPS) is 20.2. The number of carbonyl (C=O) groups is 1. The van der Waals surface area contributed by atoms with Crippen molar-refractivity contribution in [1.82, 2.24) is 5.32 Å². The highest BCUT2D eigenvalue weighted by atomic mass is 16.4. The molecule has 0 aromatic heterocycles. The molecule has 1 atom stereocenters. The highest BCUT2D eigenvalue weighted by Crippen LogP contribution is 2.24. The van der Waals surface area contributed by atoms with Crippen LogP contribution in [0.5, 0.6) is 0 Å². The maximum Gasteiger partial charge on any atom is 0.335 e. The second kappa shape index (κ2) is 3.42. The molecule has 1 fully saturated rings. The average Bonchev–Trinajstić information content (AvgIpc) is 2.04. The van der Waals surface area contributed by atoms with Gasteiger partial charge in [-0.1, -0.05) is 12.1 Å². The van der Waals surface area contributed by atoms with Gasteiger partial charge in [-0.2, -0.15) is 0 Å². The van der Waals surface area contributed by atoms with Crippen LogP contribution in [0, 0.1) is 6.92 Å². The Balaban J connectivity index is 2.34. The van der Waals surface area contributed by atoms with E-state index < -0.39 is 5.97 Å². The van der Waals surface area contributed by atoms with Crippen LogP contribution in [0.1, 0.15) is 33.9 Å². The van der Waals surface area contributed by atoms with Crippen molar-refractivity contribution >= 4 is 5.97 Å². The lowest BCUT2D eigenvalue weighted by molar-refractivity contribution is 0.0696. The van der Waals surface area contributed by atoms with Crippen LogP contribution in [0.15, 0.2) is 18.2 Å². The second-order valence-electron chi connectivity index (χ2n) is 3.67. The van der Waals surface area contributed by atoms with Gasteiger partial charge in [0.05, 0.1) is 5.56 Å². The van der Waals surface area contributed by atoms with Gasteiger partial charge in [0.1, 0.15) is 0 Å². The maximum atomic E-state index is 10.9. The van der Waals surface area contributed by atoms with Gasteiger partial charge in [0, 0.05) is 6.04 Å². The summed E-state index contributed by atoms with van der Waals surface area (Å²) in [5.74, 6) is -0.844. The third-order valence-electron chi connectivity index (χ3n) is 2.72. The SMILES string of the molecule is Cc1ccc([C@@H]2CCN2)cc1C(=O)O. The first-order chi connectivity index (χ1) is 6.68. The first kappa shape index (κ1) is 9.21. The molecule has 0 radical (unpaired) electrons. The molecule has 1 heterocycles. The molecule has 1 saturated heterocycles. The summed E-state index contributed by atoms with van der Waals surface area (Å²) >= 11 is 0. The van der Waals surface area contributed by atoms with E-state index in [2.05, 4.69) is 5.32 Å². The van der Waals surface area contributed by atoms with Gasteiger partial charge in [-0.15, -0.1) is 0 Å². The summed E-state index contributed by atoms with van der Waals surface area (Å²) in [5, 5.41) is 12.2. The van der Waals surface area contributed by atoms with Gasteiger partial charge in [0.25, 0.3) is 0 Å². The zero-order valence-corrected chi connectivity index (χ0v) is 8.08. The molecule has 2 rings (SSSR count). The van der Waals surface area contributed by atoms with Crippen LogP contribution in [0.4, 0.5) is 0 Å². The lowest BCUT2D eigenvalue weighted by Crippen LogP contribution is -2.35. The summed E-state index contributed by atoms with van der Waals surface area (Å²) in [5.41, 5.74) is 2.32. The third-order valence-corrected chi connectivity index (χ3v) is 2.72. The molecule has 1 aliphatic heterocycles. The first-order valence-corrected chi connectivity index (χ1v) is 4.75. The zero-order chi connectivity index (χ0) is 10.1. The van der Waals surface area contributed by atoms with E-state index >= 15 is 0 Å². The van der Waals surface area contributed by atoms with Gasteiger partial charge in [0.15, 0.2) is 0 Å². The van der Waals surface area contributed by atoms with E-state index in [1.54, 1.807) is 6.07 Å². The lowest BCUT2D eigenvalue weighted by atomic mass is 9.94. The molecule has 1 aliphatic rings. The standard InChI is InChI=1S/C11H13NO2/c1-7-2-3-8(10-4-5-12-10)6-9(7)11(13)14/h2-3,6,10,12H,4-5H2,1H3,(H,13,14)/t10-/m0/s1. The van der Waals surface area contributed by atoms with Crippen molar-refractivity contribution in [2.75, 3.05) is 6.54 Å². The number of aryl methyl sites for hydroxylation is 1. The van der Waals surface area contributed by atoms with Gasteiger partial charge >= 0.3 is 5.97 Å². The van der Waals surface area contributed by atoms with E-state index in [0.717, 1.165) is 24.1 Å². The van der Waals surface area contributed by atoms with Crippen molar-refractivity contribution in [3.05, 3.63) is 34.9 Å². The number of nitrogens with one attached hydrogen (secondary N) is 1. The molecule has 2 N–H and O–H groups in total. The number of rotatable bonds is 2. The molecule has 14 heavy (non-hydrogen) atoms. The molecular formula is C11H13NO2. The molecule has 0 bridgehead atoms. The minimum absolute atomic E-state index is 0.355. The number of hydrogen-bond acceptors (Lipinski definition) is 2. The van der Waals surface area contributed by atoms with Gasteiger partial charge in [-0.3, -0.25) is 0 Å². The summed E-state index contributed by atoms with van der Waals surface area (Å²) in [7, 11) is 0. The number of benzene rings is 1. The zero-order valence-electron chi connectivity index (χ0n) is 8.08. The topological polar surface area (TPSA) is 49.3 Å². The quantitative estimate of drug-likeness (QED) is 0.748. The molecule has 1 aromatic carbocycles. The van der Waals surface area contributed by atoms with Gasteiger partial charge in [-0.05, 0) is 37.1 Å². The van der Waals surface area contributed by atoms with E-state index in [1.807, 2.05) is 19.1 Å². The Morgan fingerprint density at radius 3 is 2.79 bits per heavy atom. The van der Waals surface area contributed by atoms with E-state index in [1.165, 1.54) is 0 Å². The highest BCUT2D eigenvalue weighted by molar-refractivity contribution is 5.89. The van der Waals surface area contributed by atoms with Crippen molar-refractivity contribution in [3.8, 4) is 0 Å². The molecule has 0 saturated carbocycles. The van der Waals surface area contributed by atoms with E-state index in [-0.39, 0.29) is 0 Å². The van der Waals surface area contributed by atoms with Crippen LogP contribution in [0.2, 0.25) is 0 Å². The largest absolute Gasteiger partial charge is 0.478 e. The van der Waals surface area contributed by atoms with Crippen LogP contribution < -0.4 is 5.32 Å². The minimum atomic E-state index is -0.844. The number of hydrogen-bond donors (Lipinski definition) is 2. The molecule has 0 aliphatic carbocycles. The Hall–Kier alpha value is -1.35. The molecule has 3 heteroatoms. The Labute approximate surface area is 82.8 Å². The molecule has 0 unspecified atom stereocenters. The fraction of sp³-hybridized carbons (Fsp3) is 0.364. The maximum absolute atomic E-state index is 10.9.